The van der Waals surface area contributed by atoms with Crippen molar-refractivity contribution in [3.05, 3.63) is 28.8 Å². The van der Waals surface area contributed by atoms with Crippen LogP contribution in [0.5, 0.6) is 0 Å². The molecule has 0 bridgehead atoms. The Balaban J connectivity index is 2.32. The highest BCUT2D eigenvalue weighted by Gasteiger charge is 2.25. The van der Waals surface area contributed by atoms with Crippen molar-refractivity contribution in [3.63, 3.8) is 0 Å². The van der Waals surface area contributed by atoms with Crippen LogP contribution in [-0.4, -0.2) is 12.6 Å². The van der Waals surface area contributed by atoms with Crippen molar-refractivity contribution < 1.29 is 0 Å². The first-order valence-electron chi connectivity index (χ1n) is 4.68. The van der Waals surface area contributed by atoms with E-state index in [-0.39, 0.29) is 0 Å². The number of hydrogen-bond donors (Lipinski definition) is 0. The average molecular weight is 207 g/mol. The Morgan fingerprint density at radius 3 is 2.79 bits per heavy atom. The van der Waals surface area contributed by atoms with Crippen LogP contribution in [0.4, 0.5) is 5.69 Å². The van der Waals surface area contributed by atoms with Gasteiger partial charge in [-0.05, 0) is 31.5 Å². The van der Waals surface area contributed by atoms with Gasteiger partial charge in [0.1, 0.15) is 0 Å². The van der Waals surface area contributed by atoms with Crippen molar-refractivity contribution >= 4 is 17.3 Å². The molecule has 3 heteroatoms. The van der Waals surface area contributed by atoms with E-state index in [1.54, 1.807) is 6.07 Å². The summed E-state index contributed by atoms with van der Waals surface area (Å²) in [6.07, 6.45) is 1.22. The largest absolute Gasteiger partial charge is 0.367 e. The van der Waals surface area contributed by atoms with Gasteiger partial charge in [0.2, 0.25) is 0 Å². The zero-order valence-electron chi connectivity index (χ0n) is 8.00. The molecule has 2 nitrogen and oxygen atoms in total. The lowest BCUT2D eigenvalue weighted by Gasteiger charge is -2.41. The first-order chi connectivity index (χ1) is 6.72. The van der Waals surface area contributed by atoms with Crippen LogP contribution in [0.25, 0.3) is 0 Å². The van der Waals surface area contributed by atoms with Crippen molar-refractivity contribution in [2.45, 2.75) is 19.4 Å². The number of rotatable bonds is 1. The Bertz CT molecular complexity index is 395. The van der Waals surface area contributed by atoms with E-state index in [9.17, 15) is 0 Å². The fraction of sp³-hybridized carbons (Fsp3) is 0.364. The number of nitrogens with zero attached hydrogens (tertiary/aromatic N) is 2. The molecule has 1 aromatic carbocycles. The van der Waals surface area contributed by atoms with Crippen LogP contribution in [-0.2, 0) is 0 Å². The maximum atomic E-state index is 8.69. The van der Waals surface area contributed by atoms with Crippen LogP contribution in [0.2, 0.25) is 5.02 Å². The zero-order chi connectivity index (χ0) is 10.1. The zero-order valence-corrected chi connectivity index (χ0v) is 8.75. The van der Waals surface area contributed by atoms with Crippen LogP contribution >= 0.6 is 11.6 Å². The Kier molecular flexibility index (Phi) is 2.35. The normalized spacial score (nSPS) is 20.1. The van der Waals surface area contributed by atoms with E-state index >= 15 is 0 Å². The topological polar surface area (TPSA) is 27.0 Å². The second kappa shape index (κ2) is 3.51. The molecule has 1 heterocycles. The molecule has 0 aliphatic carbocycles. The summed E-state index contributed by atoms with van der Waals surface area (Å²) in [7, 11) is 0. The molecule has 0 spiro atoms. The van der Waals surface area contributed by atoms with Crippen molar-refractivity contribution in [1.29, 1.82) is 5.26 Å². The number of hydrogen-bond acceptors (Lipinski definition) is 2. The summed E-state index contributed by atoms with van der Waals surface area (Å²) in [6, 6.07) is 8.11. The highest BCUT2D eigenvalue weighted by atomic mass is 35.5. The number of nitriles is 1. The molecule has 1 saturated heterocycles. The highest BCUT2D eigenvalue weighted by molar-refractivity contribution is 6.33. The first kappa shape index (κ1) is 9.36. The number of benzene rings is 1. The smallest absolute Gasteiger partial charge is 0.0992 e. The molecule has 2 rings (SSSR count). The second-order valence-electron chi connectivity index (χ2n) is 3.61. The summed E-state index contributed by atoms with van der Waals surface area (Å²) in [5.41, 5.74) is 1.66. The number of anilines is 1. The van der Waals surface area contributed by atoms with E-state index in [0.717, 1.165) is 12.2 Å². The molecule has 0 radical (unpaired) electrons. The summed E-state index contributed by atoms with van der Waals surface area (Å²) < 4.78 is 0. The summed E-state index contributed by atoms with van der Waals surface area (Å²) in [5, 5.41) is 9.37. The molecule has 0 aromatic heterocycles. The number of halogens is 1. The minimum atomic E-state index is 0.570. The Morgan fingerprint density at radius 2 is 2.36 bits per heavy atom. The van der Waals surface area contributed by atoms with E-state index in [1.165, 1.54) is 6.42 Å². The fourth-order valence-electron chi connectivity index (χ4n) is 1.68. The van der Waals surface area contributed by atoms with Gasteiger partial charge in [0.15, 0.2) is 0 Å². The molecule has 72 valence electrons. The molecule has 1 fully saturated rings. The molecular weight excluding hydrogens is 196 g/mol. The Labute approximate surface area is 88.7 Å². The maximum Gasteiger partial charge on any atom is 0.0992 e. The SMILES string of the molecule is CC1CCN1c1ccc(C#N)cc1Cl. The average Bonchev–Trinajstić information content (AvgIpc) is 2.18. The predicted molar refractivity (Wildman–Crippen MR) is 57.6 cm³/mol. The van der Waals surface area contributed by atoms with Crippen LogP contribution in [0.15, 0.2) is 18.2 Å². The van der Waals surface area contributed by atoms with Crippen molar-refractivity contribution in [1.82, 2.24) is 0 Å². The first-order valence-corrected chi connectivity index (χ1v) is 5.06. The minimum absolute atomic E-state index is 0.570. The quantitative estimate of drug-likeness (QED) is 0.707. The summed E-state index contributed by atoms with van der Waals surface area (Å²) in [4.78, 5) is 2.25. The van der Waals surface area contributed by atoms with Gasteiger partial charge in [-0.1, -0.05) is 11.6 Å². The third-order valence-corrected chi connectivity index (χ3v) is 3.01. The van der Waals surface area contributed by atoms with Crippen LogP contribution in [0.3, 0.4) is 0 Å². The Morgan fingerprint density at radius 1 is 1.57 bits per heavy atom. The van der Waals surface area contributed by atoms with Crippen molar-refractivity contribution in [2.75, 3.05) is 11.4 Å². The molecule has 0 N–H and O–H groups in total. The van der Waals surface area contributed by atoms with Gasteiger partial charge >= 0.3 is 0 Å². The van der Waals surface area contributed by atoms with Gasteiger partial charge < -0.3 is 4.90 Å². The molecule has 14 heavy (non-hydrogen) atoms. The molecule has 0 saturated carbocycles. The Hall–Kier alpha value is -1.20. The highest BCUT2D eigenvalue weighted by Crippen LogP contribution is 2.32. The standard InChI is InChI=1S/C11H11ClN2/c1-8-4-5-14(8)11-3-2-9(7-13)6-10(11)12/h2-3,6,8H,4-5H2,1H3. The second-order valence-corrected chi connectivity index (χ2v) is 4.02. The predicted octanol–water partition coefficient (Wildman–Crippen LogP) is 2.81. The molecule has 0 amide bonds. The minimum Gasteiger partial charge on any atom is -0.367 e. The van der Waals surface area contributed by atoms with Crippen molar-refractivity contribution in [2.24, 2.45) is 0 Å². The lowest BCUT2D eigenvalue weighted by Crippen LogP contribution is -2.45. The summed E-state index contributed by atoms with van der Waals surface area (Å²) in [6.45, 7) is 3.24. The van der Waals surface area contributed by atoms with E-state index in [0.29, 0.717) is 16.6 Å². The monoisotopic (exact) mass is 206 g/mol. The molecule has 1 unspecified atom stereocenters. The third-order valence-electron chi connectivity index (χ3n) is 2.71. The van der Waals surface area contributed by atoms with Crippen LogP contribution in [0, 0.1) is 11.3 Å². The van der Waals surface area contributed by atoms with E-state index in [1.807, 2.05) is 12.1 Å². The molecule has 1 aliphatic rings. The maximum absolute atomic E-state index is 8.69. The van der Waals surface area contributed by atoms with Crippen molar-refractivity contribution in [3.8, 4) is 6.07 Å². The van der Waals surface area contributed by atoms with Gasteiger partial charge in [0.05, 0.1) is 22.3 Å². The van der Waals surface area contributed by atoms with E-state index in [2.05, 4.69) is 17.9 Å². The third kappa shape index (κ3) is 1.44. The van der Waals surface area contributed by atoms with E-state index < -0.39 is 0 Å². The van der Waals surface area contributed by atoms with Gasteiger partial charge in [-0.3, -0.25) is 0 Å². The lowest BCUT2D eigenvalue weighted by molar-refractivity contribution is 0.481. The molecule has 1 aliphatic heterocycles. The van der Waals surface area contributed by atoms with Crippen LogP contribution in [0.1, 0.15) is 18.9 Å². The van der Waals surface area contributed by atoms with E-state index in [4.69, 9.17) is 16.9 Å². The van der Waals surface area contributed by atoms with Crippen LogP contribution < -0.4 is 4.90 Å². The summed E-state index contributed by atoms with van der Waals surface area (Å²) in [5.74, 6) is 0. The lowest BCUT2D eigenvalue weighted by atomic mass is 10.0. The van der Waals surface area contributed by atoms with Gasteiger partial charge in [0, 0.05) is 12.6 Å². The van der Waals surface area contributed by atoms with Gasteiger partial charge in [-0.2, -0.15) is 5.26 Å². The van der Waals surface area contributed by atoms with Gasteiger partial charge in [-0.25, -0.2) is 0 Å². The van der Waals surface area contributed by atoms with Gasteiger partial charge in [-0.15, -0.1) is 0 Å². The molecule has 1 aromatic rings. The van der Waals surface area contributed by atoms with Gasteiger partial charge in [0.25, 0.3) is 0 Å². The summed E-state index contributed by atoms with van der Waals surface area (Å²) >= 11 is 6.09. The molecular formula is C11H11ClN2. The fourth-order valence-corrected chi connectivity index (χ4v) is 1.97. The molecule has 1 atom stereocenters.